The Bertz CT molecular complexity index is 924. The molecule has 0 radical (unpaired) electrons. The van der Waals surface area contributed by atoms with Crippen LogP contribution in [0.25, 0.3) is 0 Å². The first-order valence-corrected chi connectivity index (χ1v) is 8.42. The fourth-order valence-corrected chi connectivity index (χ4v) is 2.49. The summed E-state index contributed by atoms with van der Waals surface area (Å²) in [5, 5.41) is 6.36. The Labute approximate surface area is 157 Å². The number of carbonyl (C=O) groups excluding carboxylic acids is 1. The van der Waals surface area contributed by atoms with E-state index in [-0.39, 0.29) is 5.78 Å². The zero-order valence-corrected chi connectivity index (χ0v) is 15.2. The molecule has 0 bridgehead atoms. The van der Waals surface area contributed by atoms with E-state index in [1.165, 1.54) is 13.3 Å². The van der Waals surface area contributed by atoms with Gasteiger partial charge in [0.25, 0.3) is 0 Å². The second-order valence-electron chi connectivity index (χ2n) is 5.94. The molecular weight excluding hydrogens is 342 g/mol. The molecule has 138 valence electrons. The predicted octanol–water partition coefficient (Wildman–Crippen LogP) is 3.63. The first-order valence-electron chi connectivity index (χ1n) is 8.42. The number of aromatic nitrogens is 2. The Morgan fingerprint density at radius 2 is 1.70 bits per heavy atom. The first kappa shape index (κ1) is 18.2. The molecule has 0 aliphatic heterocycles. The maximum absolute atomic E-state index is 11.4. The van der Waals surface area contributed by atoms with Gasteiger partial charge in [-0.2, -0.15) is 0 Å². The number of nitrogen functional groups attached to an aromatic ring is 1. The normalized spacial score (nSPS) is 10.3. The van der Waals surface area contributed by atoms with E-state index in [1.54, 1.807) is 19.2 Å². The standard InChI is InChI=1S/C20H21N5O2/c1-13(26)15-5-7-16(8-6-15)25-20-18(21)19(23-12-24-20)22-11-14-3-9-17(27-2)10-4-14/h3-10,12H,11,21H2,1-2H3,(H2,22,23,24,25). The van der Waals surface area contributed by atoms with Crippen molar-refractivity contribution in [3.05, 3.63) is 66.0 Å². The van der Waals surface area contributed by atoms with E-state index in [9.17, 15) is 4.79 Å². The summed E-state index contributed by atoms with van der Waals surface area (Å²) < 4.78 is 5.16. The molecule has 2 aromatic carbocycles. The second kappa shape index (κ2) is 8.18. The molecule has 1 heterocycles. The van der Waals surface area contributed by atoms with E-state index in [0.29, 0.717) is 29.4 Å². The SMILES string of the molecule is COc1ccc(CNc2ncnc(Nc3ccc(C(C)=O)cc3)c2N)cc1. The van der Waals surface area contributed by atoms with E-state index in [4.69, 9.17) is 10.5 Å². The number of rotatable bonds is 7. The zero-order chi connectivity index (χ0) is 19.2. The van der Waals surface area contributed by atoms with Gasteiger partial charge < -0.3 is 21.1 Å². The van der Waals surface area contributed by atoms with Crippen LogP contribution in [-0.2, 0) is 6.54 Å². The van der Waals surface area contributed by atoms with Gasteiger partial charge in [-0.3, -0.25) is 4.79 Å². The molecule has 1 aromatic heterocycles. The van der Waals surface area contributed by atoms with Crippen molar-refractivity contribution in [2.24, 2.45) is 0 Å². The minimum atomic E-state index is 0.0214. The molecule has 0 unspecified atom stereocenters. The molecular formula is C20H21N5O2. The molecule has 0 saturated heterocycles. The predicted molar refractivity (Wildman–Crippen MR) is 106 cm³/mol. The topological polar surface area (TPSA) is 102 Å². The maximum Gasteiger partial charge on any atom is 0.159 e. The van der Waals surface area contributed by atoms with E-state index in [1.807, 2.05) is 36.4 Å². The molecule has 0 amide bonds. The van der Waals surface area contributed by atoms with Crippen LogP contribution in [0.15, 0.2) is 54.9 Å². The molecule has 0 aliphatic rings. The lowest BCUT2D eigenvalue weighted by Crippen LogP contribution is -2.08. The minimum Gasteiger partial charge on any atom is -0.497 e. The minimum absolute atomic E-state index is 0.0214. The van der Waals surface area contributed by atoms with E-state index in [0.717, 1.165) is 17.0 Å². The van der Waals surface area contributed by atoms with Gasteiger partial charge in [0.2, 0.25) is 0 Å². The molecule has 0 aliphatic carbocycles. The van der Waals surface area contributed by atoms with Crippen molar-refractivity contribution < 1.29 is 9.53 Å². The van der Waals surface area contributed by atoms with Crippen LogP contribution in [0.4, 0.5) is 23.0 Å². The number of hydrogen-bond acceptors (Lipinski definition) is 7. The van der Waals surface area contributed by atoms with Gasteiger partial charge in [0.15, 0.2) is 17.4 Å². The molecule has 0 saturated carbocycles. The largest absolute Gasteiger partial charge is 0.497 e. The van der Waals surface area contributed by atoms with Crippen LogP contribution in [0.3, 0.4) is 0 Å². The van der Waals surface area contributed by atoms with Gasteiger partial charge in [0, 0.05) is 17.8 Å². The van der Waals surface area contributed by atoms with Crippen molar-refractivity contribution >= 4 is 28.8 Å². The maximum atomic E-state index is 11.4. The summed E-state index contributed by atoms with van der Waals surface area (Å²) in [6.07, 6.45) is 1.44. The van der Waals surface area contributed by atoms with Gasteiger partial charge in [-0.15, -0.1) is 0 Å². The lowest BCUT2D eigenvalue weighted by molar-refractivity contribution is 0.101. The van der Waals surface area contributed by atoms with Gasteiger partial charge in [-0.05, 0) is 48.9 Å². The second-order valence-corrected chi connectivity index (χ2v) is 5.94. The Hall–Kier alpha value is -3.61. The fraction of sp³-hybridized carbons (Fsp3) is 0.150. The summed E-state index contributed by atoms with van der Waals surface area (Å²) in [5.41, 5.74) is 9.12. The number of ketones is 1. The molecule has 0 fully saturated rings. The van der Waals surface area contributed by atoms with Crippen LogP contribution in [0, 0.1) is 0 Å². The number of Topliss-reactive ketones (excluding diaryl/α,β-unsaturated/α-hetero) is 1. The van der Waals surface area contributed by atoms with E-state index in [2.05, 4.69) is 20.6 Å². The number of benzene rings is 2. The molecule has 3 rings (SSSR count). The molecule has 4 N–H and O–H groups in total. The van der Waals surface area contributed by atoms with Crippen molar-refractivity contribution in [1.82, 2.24) is 9.97 Å². The lowest BCUT2D eigenvalue weighted by atomic mass is 10.1. The Kier molecular flexibility index (Phi) is 5.51. The van der Waals surface area contributed by atoms with Crippen LogP contribution < -0.4 is 21.1 Å². The van der Waals surface area contributed by atoms with Crippen LogP contribution >= 0.6 is 0 Å². The molecule has 7 nitrogen and oxygen atoms in total. The van der Waals surface area contributed by atoms with Crippen molar-refractivity contribution in [3.8, 4) is 5.75 Å². The summed E-state index contributed by atoms with van der Waals surface area (Å²) >= 11 is 0. The summed E-state index contributed by atoms with van der Waals surface area (Å²) in [7, 11) is 1.64. The molecule has 7 heteroatoms. The molecule has 0 atom stereocenters. The summed E-state index contributed by atoms with van der Waals surface area (Å²) in [6.45, 7) is 2.10. The van der Waals surface area contributed by atoms with Gasteiger partial charge in [0.05, 0.1) is 7.11 Å². The van der Waals surface area contributed by atoms with Crippen LogP contribution in [0.5, 0.6) is 5.75 Å². The van der Waals surface area contributed by atoms with Crippen molar-refractivity contribution in [2.45, 2.75) is 13.5 Å². The average molecular weight is 363 g/mol. The number of methoxy groups -OCH3 is 1. The third kappa shape index (κ3) is 4.52. The third-order valence-electron chi connectivity index (χ3n) is 4.06. The Morgan fingerprint density at radius 3 is 2.33 bits per heavy atom. The average Bonchev–Trinajstić information content (AvgIpc) is 2.69. The summed E-state index contributed by atoms with van der Waals surface area (Å²) in [5.74, 6) is 1.87. The number of carbonyl (C=O) groups is 1. The number of ether oxygens (including phenoxy) is 1. The van der Waals surface area contributed by atoms with Gasteiger partial charge in [-0.1, -0.05) is 12.1 Å². The summed E-state index contributed by atoms with van der Waals surface area (Å²) in [4.78, 5) is 19.8. The smallest absolute Gasteiger partial charge is 0.159 e. The quantitative estimate of drug-likeness (QED) is 0.551. The highest BCUT2D eigenvalue weighted by molar-refractivity contribution is 5.94. The fourth-order valence-electron chi connectivity index (χ4n) is 2.49. The highest BCUT2D eigenvalue weighted by atomic mass is 16.5. The summed E-state index contributed by atoms with van der Waals surface area (Å²) in [6, 6.07) is 14.9. The van der Waals surface area contributed by atoms with Crippen molar-refractivity contribution in [1.29, 1.82) is 0 Å². The number of anilines is 4. The van der Waals surface area contributed by atoms with Crippen LogP contribution in [0.1, 0.15) is 22.8 Å². The van der Waals surface area contributed by atoms with Gasteiger partial charge in [0.1, 0.15) is 17.8 Å². The highest BCUT2D eigenvalue weighted by Gasteiger charge is 2.09. The molecule has 0 spiro atoms. The van der Waals surface area contributed by atoms with Gasteiger partial charge in [-0.25, -0.2) is 9.97 Å². The molecule has 3 aromatic rings. The van der Waals surface area contributed by atoms with Crippen molar-refractivity contribution in [2.75, 3.05) is 23.5 Å². The zero-order valence-electron chi connectivity index (χ0n) is 15.2. The monoisotopic (exact) mass is 363 g/mol. The Morgan fingerprint density at radius 1 is 1.04 bits per heavy atom. The number of hydrogen-bond donors (Lipinski definition) is 3. The lowest BCUT2D eigenvalue weighted by Gasteiger charge is -2.13. The van der Waals surface area contributed by atoms with E-state index < -0.39 is 0 Å². The van der Waals surface area contributed by atoms with Crippen LogP contribution in [-0.4, -0.2) is 22.9 Å². The Balaban J connectivity index is 1.70. The highest BCUT2D eigenvalue weighted by Crippen LogP contribution is 2.26. The first-order chi connectivity index (χ1) is 13.1. The third-order valence-corrected chi connectivity index (χ3v) is 4.06. The number of nitrogens with one attached hydrogen (secondary N) is 2. The van der Waals surface area contributed by atoms with Crippen LogP contribution in [0.2, 0.25) is 0 Å². The van der Waals surface area contributed by atoms with Gasteiger partial charge >= 0.3 is 0 Å². The number of nitrogens with two attached hydrogens (primary N) is 1. The van der Waals surface area contributed by atoms with Crippen molar-refractivity contribution in [3.63, 3.8) is 0 Å². The van der Waals surface area contributed by atoms with E-state index >= 15 is 0 Å². The number of nitrogens with zero attached hydrogens (tertiary/aromatic N) is 2. The molecule has 27 heavy (non-hydrogen) atoms.